The molecule has 1 fully saturated rings. The zero-order valence-electron chi connectivity index (χ0n) is 9.45. The Morgan fingerprint density at radius 3 is 2.75 bits per heavy atom. The summed E-state index contributed by atoms with van der Waals surface area (Å²) in [6, 6.07) is -0.0907. The molecular formula is C10H18N4O2. The Bertz CT molecular complexity index is 276. The van der Waals surface area contributed by atoms with Gasteiger partial charge < -0.3 is 10.6 Å². The van der Waals surface area contributed by atoms with Crippen LogP contribution in [0.15, 0.2) is 12.7 Å². The first-order chi connectivity index (χ1) is 7.63. The highest BCUT2D eigenvalue weighted by Crippen LogP contribution is 2.00. The normalized spacial score (nSPS) is 15.4. The molecule has 1 aliphatic rings. The van der Waals surface area contributed by atoms with Crippen molar-refractivity contribution in [2.24, 2.45) is 0 Å². The molecule has 0 aromatic carbocycles. The summed E-state index contributed by atoms with van der Waals surface area (Å²) in [4.78, 5) is 24.5. The Balaban J connectivity index is 2.18. The van der Waals surface area contributed by atoms with Gasteiger partial charge in [0.25, 0.3) is 0 Å². The van der Waals surface area contributed by atoms with E-state index in [0.717, 1.165) is 13.1 Å². The number of carbonyl (C=O) groups is 2. The summed E-state index contributed by atoms with van der Waals surface area (Å²) in [5.74, 6) is -0.295. The molecule has 1 saturated heterocycles. The fourth-order valence-corrected chi connectivity index (χ4v) is 1.32. The number of hydrogen-bond acceptors (Lipinski definition) is 4. The van der Waals surface area contributed by atoms with E-state index >= 15 is 0 Å². The number of nitrogens with zero attached hydrogens (tertiary/aromatic N) is 1. The second-order valence-electron chi connectivity index (χ2n) is 3.77. The molecule has 1 aliphatic heterocycles. The Morgan fingerprint density at radius 1 is 1.56 bits per heavy atom. The van der Waals surface area contributed by atoms with E-state index < -0.39 is 6.03 Å². The highest BCUT2D eigenvalue weighted by atomic mass is 16.2. The molecule has 0 unspecified atom stereocenters. The second-order valence-corrected chi connectivity index (χ2v) is 3.77. The van der Waals surface area contributed by atoms with Crippen LogP contribution in [0.1, 0.15) is 0 Å². The quantitative estimate of drug-likeness (QED) is 0.520. The second kappa shape index (κ2) is 6.24. The highest BCUT2D eigenvalue weighted by molar-refractivity contribution is 5.95. The van der Waals surface area contributed by atoms with E-state index in [4.69, 9.17) is 0 Å². The average Bonchev–Trinajstić information content (AvgIpc) is 2.11. The topological polar surface area (TPSA) is 73.5 Å². The van der Waals surface area contributed by atoms with Crippen molar-refractivity contribution in [3.05, 3.63) is 12.7 Å². The van der Waals surface area contributed by atoms with Crippen molar-refractivity contribution < 1.29 is 9.59 Å². The number of rotatable bonds is 5. The fraction of sp³-hybridized carbons (Fsp3) is 0.600. The standard InChI is InChI=1S/C10H18N4O2/c1-3-4-12-10(16)13-9(15)7-14(2)8-5-11-6-8/h3,8,11H,1,4-7H2,2H3,(H2,12,13,15,16). The highest BCUT2D eigenvalue weighted by Gasteiger charge is 2.23. The third-order valence-corrected chi connectivity index (χ3v) is 2.44. The van der Waals surface area contributed by atoms with Crippen LogP contribution in [0.5, 0.6) is 0 Å². The summed E-state index contributed by atoms with van der Waals surface area (Å²) in [7, 11) is 1.87. The van der Waals surface area contributed by atoms with Crippen LogP contribution in [-0.2, 0) is 4.79 Å². The van der Waals surface area contributed by atoms with E-state index in [-0.39, 0.29) is 12.5 Å². The molecule has 1 heterocycles. The number of nitrogens with one attached hydrogen (secondary N) is 3. The molecule has 0 atom stereocenters. The third kappa shape index (κ3) is 4.00. The van der Waals surface area contributed by atoms with Gasteiger partial charge in [0.15, 0.2) is 0 Å². The molecule has 0 saturated carbocycles. The zero-order valence-corrected chi connectivity index (χ0v) is 9.45. The number of amides is 3. The Labute approximate surface area is 95.1 Å². The smallest absolute Gasteiger partial charge is 0.321 e. The van der Waals surface area contributed by atoms with Gasteiger partial charge in [0.2, 0.25) is 5.91 Å². The van der Waals surface area contributed by atoms with Crippen molar-refractivity contribution in [2.75, 3.05) is 33.2 Å². The average molecular weight is 226 g/mol. The Hall–Kier alpha value is -1.40. The molecule has 6 heteroatoms. The van der Waals surface area contributed by atoms with Crippen LogP contribution in [0.3, 0.4) is 0 Å². The minimum Gasteiger partial charge on any atom is -0.334 e. The van der Waals surface area contributed by atoms with E-state index in [1.807, 2.05) is 11.9 Å². The Kier molecular flexibility index (Phi) is 4.94. The lowest BCUT2D eigenvalue weighted by Gasteiger charge is -2.35. The maximum absolute atomic E-state index is 11.4. The van der Waals surface area contributed by atoms with Crippen LogP contribution in [0.4, 0.5) is 4.79 Å². The van der Waals surface area contributed by atoms with Crippen LogP contribution < -0.4 is 16.0 Å². The lowest BCUT2D eigenvalue weighted by molar-refractivity contribution is -0.121. The van der Waals surface area contributed by atoms with E-state index in [9.17, 15) is 9.59 Å². The van der Waals surface area contributed by atoms with E-state index in [1.165, 1.54) is 0 Å². The van der Waals surface area contributed by atoms with Crippen molar-refractivity contribution >= 4 is 11.9 Å². The molecule has 90 valence electrons. The van der Waals surface area contributed by atoms with Gasteiger partial charge in [0.05, 0.1) is 6.54 Å². The summed E-state index contributed by atoms with van der Waals surface area (Å²) in [5, 5.41) is 7.84. The molecule has 16 heavy (non-hydrogen) atoms. The van der Waals surface area contributed by atoms with Gasteiger partial charge in [0.1, 0.15) is 0 Å². The van der Waals surface area contributed by atoms with Crippen LogP contribution in [-0.4, -0.2) is 56.1 Å². The molecule has 3 N–H and O–H groups in total. The van der Waals surface area contributed by atoms with Gasteiger partial charge in [-0.1, -0.05) is 6.08 Å². The number of imide groups is 1. The molecule has 0 bridgehead atoms. The van der Waals surface area contributed by atoms with Gasteiger partial charge in [-0.15, -0.1) is 6.58 Å². The van der Waals surface area contributed by atoms with Crippen molar-refractivity contribution in [3.63, 3.8) is 0 Å². The van der Waals surface area contributed by atoms with Gasteiger partial charge in [-0.2, -0.15) is 0 Å². The van der Waals surface area contributed by atoms with Gasteiger partial charge >= 0.3 is 6.03 Å². The molecule has 3 amide bonds. The molecule has 1 rings (SSSR count). The predicted molar refractivity (Wildman–Crippen MR) is 61.0 cm³/mol. The Morgan fingerprint density at radius 2 is 2.25 bits per heavy atom. The first-order valence-electron chi connectivity index (χ1n) is 5.23. The minimum absolute atomic E-state index is 0.230. The van der Waals surface area contributed by atoms with Crippen molar-refractivity contribution in [1.82, 2.24) is 20.9 Å². The van der Waals surface area contributed by atoms with E-state index in [1.54, 1.807) is 6.08 Å². The van der Waals surface area contributed by atoms with E-state index in [2.05, 4.69) is 22.5 Å². The molecule has 0 aromatic heterocycles. The molecule has 0 spiro atoms. The summed E-state index contributed by atoms with van der Waals surface area (Å²) < 4.78 is 0. The predicted octanol–water partition coefficient (Wildman–Crippen LogP) is -1.10. The molecule has 0 aliphatic carbocycles. The fourth-order valence-electron chi connectivity index (χ4n) is 1.32. The maximum atomic E-state index is 11.4. The summed E-state index contributed by atoms with van der Waals surface area (Å²) in [6.07, 6.45) is 1.55. The largest absolute Gasteiger partial charge is 0.334 e. The lowest BCUT2D eigenvalue weighted by Crippen LogP contribution is -2.58. The van der Waals surface area contributed by atoms with Gasteiger partial charge in [-0.25, -0.2) is 4.79 Å². The zero-order chi connectivity index (χ0) is 12.0. The third-order valence-electron chi connectivity index (χ3n) is 2.44. The summed E-state index contributed by atoms with van der Waals surface area (Å²) in [6.45, 7) is 5.83. The summed E-state index contributed by atoms with van der Waals surface area (Å²) in [5.41, 5.74) is 0. The van der Waals surface area contributed by atoms with Gasteiger partial charge in [-0.05, 0) is 7.05 Å². The number of carbonyl (C=O) groups excluding carboxylic acids is 2. The van der Waals surface area contributed by atoms with Crippen molar-refractivity contribution in [3.8, 4) is 0 Å². The van der Waals surface area contributed by atoms with Crippen LogP contribution in [0.25, 0.3) is 0 Å². The molecule has 0 radical (unpaired) electrons. The lowest BCUT2D eigenvalue weighted by atomic mass is 10.1. The van der Waals surface area contributed by atoms with Gasteiger partial charge in [-0.3, -0.25) is 15.0 Å². The minimum atomic E-state index is -0.481. The first kappa shape index (κ1) is 12.7. The van der Waals surface area contributed by atoms with Crippen LogP contribution in [0.2, 0.25) is 0 Å². The van der Waals surface area contributed by atoms with Crippen LogP contribution in [0, 0.1) is 0 Å². The van der Waals surface area contributed by atoms with Crippen molar-refractivity contribution in [2.45, 2.75) is 6.04 Å². The molecular weight excluding hydrogens is 208 g/mol. The van der Waals surface area contributed by atoms with Crippen LogP contribution >= 0.6 is 0 Å². The number of urea groups is 1. The maximum Gasteiger partial charge on any atom is 0.321 e. The van der Waals surface area contributed by atoms with Crippen molar-refractivity contribution in [1.29, 1.82) is 0 Å². The number of likely N-dealkylation sites (N-methyl/N-ethyl adjacent to an activating group) is 1. The molecule has 0 aromatic rings. The first-order valence-corrected chi connectivity index (χ1v) is 5.23. The SMILES string of the molecule is C=CCNC(=O)NC(=O)CN(C)C1CNC1. The molecule has 6 nitrogen and oxygen atoms in total. The number of hydrogen-bond donors (Lipinski definition) is 3. The monoisotopic (exact) mass is 226 g/mol. The van der Waals surface area contributed by atoms with Gasteiger partial charge in [0, 0.05) is 25.7 Å². The van der Waals surface area contributed by atoms with E-state index in [0.29, 0.717) is 12.6 Å². The summed E-state index contributed by atoms with van der Waals surface area (Å²) >= 11 is 0.